The number of fused-ring (bicyclic) bond motifs is 1. The van der Waals surface area contributed by atoms with E-state index >= 15 is 0 Å². The van der Waals surface area contributed by atoms with Crippen molar-refractivity contribution in [1.29, 1.82) is 0 Å². The average molecular weight is 407 g/mol. The molecule has 0 saturated carbocycles. The summed E-state index contributed by atoms with van der Waals surface area (Å²) in [4.78, 5) is 47.8. The molecule has 0 saturated heterocycles. The topological polar surface area (TPSA) is 110 Å². The molecule has 150 valence electrons. The number of carbonyl (C=O) groups is 3. The Morgan fingerprint density at radius 3 is 2.41 bits per heavy atom. The lowest BCUT2D eigenvalue weighted by atomic mass is 10.1. The van der Waals surface area contributed by atoms with Crippen molar-refractivity contribution in [3.8, 4) is 0 Å². The maximum absolute atomic E-state index is 13.0. The van der Waals surface area contributed by atoms with E-state index < -0.39 is 58.7 Å². The molecular formula is C18H12F3N3O5. The van der Waals surface area contributed by atoms with Gasteiger partial charge in [-0.25, -0.2) is 0 Å². The van der Waals surface area contributed by atoms with Crippen molar-refractivity contribution < 1.29 is 32.5 Å². The van der Waals surface area contributed by atoms with Crippen molar-refractivity contribution in [2.24, 2.45) is 0 Å². The number of anilines is 1. The van der Waals surface area contributed by atoms with Crippen LogP contribution in [0.4, 0.5) is 24.5 Å². The van der Waals surface area contributed by atoms with Crippen molar-refractivity contribution in [2.75, 3.05) is 11.9 Å². The fourth-order valence-corrected chi connectivity index (χ4v) is 2.94. The predicted molar refractivity (Wildman–Crippen MR) is 93.2 cm³/mol. The van der Waals surface area contributed by atoms with Gasteiger partial charge in [-0.15, -0.1) is 0 Å². The van der Waals surface area contributed by atoms with Crippen molar-refractivity contribution in [2.45, 2.75) is 12.6 Å². The van der Waals surface area contributed by atoms with Gasteiger partial charge in [-0.1, -0.05) is 18.2 Å². The number of nitro groups is 1. The van der Waals surface area contributed by atoms with Gasteiger partial charge in [0.05, 0.1) is 21.7 Å². The molecule has 0 bridgehead atoms. The van der Waals surface area contributed by atoms with Crippen LogP contribution in [0.3, 0.4) is 0 Å². The number of halogens is 3. The monoisotopic (exact) mass is 407 g/mol. The zero-order valence-corrected chi connectivity index (χ0v) is 14.5. The van der Waals surface area contributed by atoms with Crippen LogP contribution in [0.15, 0.2) is 42.5 Å². The smallest absolute Gasteiger partial charge is 0.325 e. The maximum atomic E-state index is 13.0. The first-order valence-corrected chi connectivity index (χ1v) is 8.21. The SMILES string of the molecule is O=C(CCN1C(=O)c2cccc([N+](=O)[O-])c2C1=O)Nc1ccccc1C(F)(F)F. The number of alkyl halides is 3. The first kappa shape index (κ1) is 20.0. The fraction of sp³-hybridized carbons (Fsp3) is 0.167. The Kier molecular flexibility index (Phi) is 5.06. The molecule has 0 aliphatic carbocycles. The minimum atomic E-state index is -4.68. The summed E-state index contributed by atoms with van der Waals surface area (Å²) < 4.78 is 39.0. The van der Waals surface area contributed by atoms with Crippen molar-refractivity contribution in [3.63, 3.8) is 0 Å². The van der Waals surface area contributed by atoms with Crippen LogP contribution in [0.25, 0.3) is 0 Å². The molecule has 2 aromatic rings. The van der Waals surface area contributed by atoms with E-state index in [0.717, 1.165) is 18.2 Å². The lowest BCUT2D eigenvalue weighted by molar-refractivity contribution is -0.385. The molecule has 8 nitrogen and oxygen atoms in total. The van der Waals surface area contributed by atoms with Gasteiger partial charge in [-0.3, -0.25) is 29.4 Å². The van der Waals surface area contributed by atoms with Gasteiger partial charge in [0, 0.05) is 19.0 Å². The molecule has 1 heterocycles. The minimum Gasteiger partial charge on any atom is -0.325 e. The summed E-state index contributed by atoms with van der Waals surface area (Å²) in [7, 11) is 0. The molecule has 3 rings (SSSR count). The molecule has 11 heteroatoms. The Labute approximate surface area is 161 Å². The summed E-state index contributed by atoms with van der Waals surface area (Å²) in [6.45, 7) is -0.441. The Balaban J connectivity index is 1.72. The first-order valence-electron chi connectivity index (χ1n) is 8.21. The number of amides is 3. The van der Waals surface area contributed by atoms with Gasteiger partial charge in [-0.05, 0) is 18.2 Å². The number of imide groups is 1. The quantitative estimate of drug-likeness (QED) is 0.465. The third-order valence-corrected chi connectivity index (χ3v) is 4.24. The fourth-order valence-electron chi connectivity index (χ4n) is 2.94. The summed E-state index contributed by atoms with van der Waals surface area (Å²) >= 11 is 0. The van der Waals surface area contributed by atoms with Gasteiger partial charge in [0.1, 0.15) is 5.56 Å². The number of nitro benzene ring substituents is 1. The number of hydrogen-bond acceptors (Lipinski definition) is 5. The van der Waals surface area contributed by atoms with Gasteiger partial charge in [0.25, 0.3) is 17.5 Å². The third-order valence-electron chi connectivity index (χ3n) is 4.24. The summed E-state index contributed by atoms with van der Waals surface area (Å²) in [5.41, 5.74) is -2.56. The Bertz CT molecular complexity index is 1040. The molecule has 0 radical (unpaired) electrons. The highest BCUT2D eigenvalue weighted by molar-refractivity contribution is 6.23. The minimum absolute atomic E-state index is 0.160. The summed E-state index contributed by atoms with van der Waals surface area (Å²) in [6.07, 6.45) is -5.16. The van der Waals surface area contributed by atoms with Crippen LogP contribution in [0.1, 0.15) is 32.7 Å². The zero-order valence-electron chi connectivity index (χ0n) is 14.5. The van der Waals surface area contributed by atoms with Crippen LogP contribution in [0, 0.1) is 10.1 Å². The molecule has 0 aromatic heterocycles. The van der Waals surface area contributed by atoms with Gasteiger partial charge >= 0.3 is 6.18 Å². The van der Waals surface area contributed by atoms with E-state index in [2.05, 4.69) is 5.32 Å². The second-order valence-corrected chi connectivity index (χ2v) is 6.06. The molecule has 0 unspecified atom stereocenters. The molecule has 0 spiro atoms. The summed E-state index contributed by atoms with van der Waals surface area (Å²) in [5.74, 6) is -2.59. The van der Waals surface area contributed by atoms with E-state index in [9.17, 15) is 37.7 Å². The summed E-state index contributed by atoms with van der Waals surface area (Å²) in [5, 5.41) is 13.2. The van der Waals surface area contributed by atoms with Crippen LogP contribution in [-0.2, 0) is 11.0 Å². The Hall–Kier alpha value is -3.76. The number of nitrogens with one attached hydrogen (secondary N) is 1. The van der Waals surface area contributed by atoms with Gasteiger partial charge < -0.3 is 5.32 Å². The molecule has 1 N–H and O–H groups in total. The van der Waals surface area contributed by atoms with Crippen molar-refractivity contribution >= 4 is 29.1 Å². The number of hydrogen-bond donors (Lipinski definition) is 1. The van der Waals surface area contributed by atoms with E-state index in [1.165, 1.54) is 24.3 Å². The molecule has 0 fully saturated rings. The van der Waals surface area contributed by atoms with E-state index in [1.54, 1.807) is 0 Å². The third kappa shape index (κ3) is 3.79. The number of carbonyl (C=O) groups excluding carboxylic acids is 3. The molecule has 1 aliphatic rings. The molecule has 2 aromatic carbocycles. The Morgan fingerprint density at radius 1 is 1.07 bits per heavy atom. The second-order valence-electron chi connectivity index (χ2n) is 6.06. The second kappa shape index (κ2) is 7.34. The average Bonchev–Trinajstić information content (AvgIpc) is 2.90. The number of para-hydroxylation sites is 1. The number of nitrogens with zero attached hydrogens (tertiary/aromatic N) is 2. The lowest BCUT2D eigenvalue weighted by Gasteiger charge is -2.15. The van der Waals surface area contributed by atoms with Gasteiger partial charge in [-0.2, -0.15) is 13.2 Å². The number of rotatable bonds is 5. The molecule has 0 atom stereocenters. The van der Waals surface area contributed by atoms with Crippen LogP contribution >= 0.6 is 0 Å². The molecule has 1 aliphatic heterocycles. The Morgan fingerprint density at radius 2 is 1.76 bits per heavy atom. The van der Waals surface area contributed by atoms with E-state index in [1.807, 2.05) is 0 Å². The van der Waals surface area contributed by atoms with Crippen LogP contribution in [0.5, 0.6) is 0 Å². The van der Waals surface area contributed by atoms with Crippen LogP contribution < -0.4 is 5.32 Å². The highest BCUT2D eigenvalue weighted by Crippen LogP contribution is 2.35. The normalized spacial score (nSPS) is 13.4. The van der Waals surface area contributed by atoms with Gasteiger partial charge in [0.2, 0.25) is 5.91 Å². The van der Waals surface area contributed by atoms with Crippen molar-refractivity contribution in [3.05, 3.63) is 69.3 Å². The predicted octanol–water partition coefficient (Wildman–Crippen LogP) is 3.24. The van der Waals surface area contributed by atoms with E-state index in [0.29, 0.717) is 4.90 Å². The molecule has 3 amide bonds. The van der Waals surface area contributed by atoms with Crippen LogP contribution in [-0.4, -0.2) is 34.1 Å². The van der Waals surface area contributed by atoms with Gasteiger partial charge in [0.15, 0.2) is 0 Å². The number of benzene rings is 2. The van der Waals surface area contributed by atoms with E-state index in [4.69, 9.17) is 0 Å². The maximum Gasteiger partial charge on any atom is 0.418 e. The van der Waals surface area contributed by atoms with Crippen molar-refractivity contribution in [1.82, 2.24) is 4.90 Å². The standard InChI is InChI=1S/C18H12F3N3O5/c19-18(20,21)11-5-1-2-6-12(11)22-14(25)8-9-23-16(26)10-4-3-7-13(24(28)29)15(10)17(23)27/h1-7H,8-9H2,(H,22,25). The first-order chi connectivity index (χ1) is 13.6. The van der Waals surface area contributed by atoms with Crippen LogP contribution in [0.2, 0.25) is 0 Å². The largest absolute Gasteiger partial charge is 0.418 e. The lowest BCUT2D eigenvalue weighted by Crippen LogP contribution is -2.33. The highest BCUT2D eigenvalue weighted by Gasteiger charge is 2.41. The molecular weight excluding hydrogens is 395 g/mol. The summed E-state index contributed by atoms with van der Waals surface area (Å²) in [6, 6.07) is 7.95. The zero-order chi connectivity index (χ0) is 21.3. The van der Waals surface area contributed by atoms with E-state index in [-0.39, 0.29) is 11.1 Å². The molecule has 29 heavy (non-hydrogen) atoms. The highest BCUT2D eigenvalue weighted by atomic mass is 19.4.